The molecule has 0 saturated carbocycles. The molecule has 0 fully saturated rings. The van der Waals surface area contributed by atoms with Gasteiger partial charge in [0.05, 0.1) is 0 Å². The average molecular weight is 440 g/mol. The molecule has 1 amide bonds. The zero-order valence-electron chi connectivity index (χ0n) is 16.3. The first-order chi connectivity index (χ1) is 13.3. The number of hydrogen-bond donors (Lipinski definition) is 3. The summed E-state index contributed by atoms with van der Waals surface area (Å²) in [6.07, 6.45) is 4.55. The fraction of sp³-hybridized carbons (Fsp3) is 0.350. The number of nitrogens with one attached hydrogen (secondary N) is 2. The molecule has 2 aromatic heterocycles. The molecule has 2 radical (unpaired) electrons. The molecular weight excluding hydrogens is 415 g/mol. The van der Waals surface area contributed by atoms with Crippen molar-refractivity contribution >= 4 is 51.1 Å². The molecule has 0 bridgehead atoms. The van der Waals surface area contributed by atoms with Crippen LogP contribution in [-0.2, 0) is 7.05 Å². The second kappa shape index (κ2) is 8.65. The van der Waals surface area contributed by atoms with E-state index in [0.717, 1.165) is 29.6 Å². The first-order valence-electron chi connectivity index (χ1n) is 9.25. The summed E-state index contributed by atoms with van der Waals surface area (Å²) in [6.45, 7) is 5.14. The van der Waals surface area contributed by atoms with Crippen LogP contribution < -0.4 is 16.4 Å². The Kier molecular flexibility index (Phi) is 6.24. The summed E-state index contributed by atoms with van der Waals surface area (Å²) in [7, 11) is 1.99. The number of aryl methyl sites for hydroxylation is 1. The van der Waals surface area contributed by atoms with E-state index < -0.39 is 5.91 Å². The quantitative estimate of drug-likeness (QED) is 0.468. The molecule has 0 unspecified atom stereocenters. The summed E-state index contributed by atoms with van der Waals surface area (Å²) in [5.74, 6) is 0.913. The molecule has 0 aliphatic rings. The Morgan fingerprint density at radius 2 is 2.11 bits per heavy atom. The van der Waals surface area contributed by atoms with Crippen molar-refractivity contribution in [3.05, 3.63) is 42.2 Å². The number of benzene rings is 1. The van der Waals surface area contributed by atoms with E-state index in [1.807, 2.05) is 42.1 Å². The van der Waals surface area contributed by atoms with Crippen molar-refractivity contribution in [3.63, 3.8) is 0 Å². The number of hydrogen-bond acceptors (Lipinski definition) is 5. The zero-order chi connectivity index (χ0) is 20.3. The molecule has 0 aliphatic heterocycles. The molecular formula is C20H25AsN6O. The number of fused-ring (bicyclic) bond motifs is 1. The molecule has 7 nitrogen and oxygen atoms in total. The predicted octanol–water partition coefficient (Wildman–Crippen LogP) is 3.23. The molecule has 3 aromatic rings. The Bertz CT molecular complexity index is 984. The predicted molar refractivity (Wildman–Crippen MR) is 114 cm³/mol. The first-order valence-corrected chi connectivity index (χ1v) is 10.3. The summed E-state index contributed by atoms with van der Waals surface area (Å²) in [5.41, 5.74) is 7.72. The van der Waals surface area contributed by atoms with Gasteiger partial charge in [-0.05, 0) is 0 Å². The van der Waals surface area contributed by atoms with Gasteiger partial charge in [0.1, 0.15) is 0 Å². The van der Waals surface area contributed by atoms with Crippen molar-refractivity contribution in [1.29, 1.82) is 0 Å². The molecule has 3 rings (SSSR count). The molecule has 1 atom stereocenters. The third-order valence-electron chi connectivity index (χ3n) is 4.47. The van der Waals surface area contributed by atoms with Gasteiger partial charge >= 0.3 is 174 Å². The van der Waals surface area contributed by atoms with Gasteiger partial charge in [0.2, 0.25) is 0 Å². The molecule has 28 heavy (non-hydrogen) atoms. The standard InChI is InChI=1S/C20H25AsN6O/c1-12(2)9-13(21)10-23-20-24-11-15(18(22)28)19(26-20)25-16-5-4-6-17-14(16)7-8-27(17)3/h4-8,11-13H,9-10H2,1-3H3,(H2,22,28)(H2,23,24,25,26)/t13-/m0/s1. The summed E-state index contributed by atoms with van der Waals surface area (Å²) < 4.78 is 2.47. The van der Waals surface area contributed by atoms with Crippen LogP contribution in [0.15, 0.2) is 36.7 Å². The van der Waals surface area contributed by atoms with Crippen LogP contribution in [0.2, 0.25) is 4.71 Å². The molecule has 8 heteroatoms. The Labute approximate surface area is 173 Å². The van der Waals surface area contributed by atoms with E-state index in [1.54, 1.807) is 0 Å². The van der Waals surface area contributed by atoms with Gasteiger partial charge in [-0.1, -0.05) is 0 Å². The molecule has 4 N–H and O–H groups in total. The number of anilines is 3. The number of carbonyl (C=O) groups is 1. The Balaban J connectivity index is 1.86. The maximum absolute atomic E-state index is 11.9. The van der Waals surface area contributed by atoms with E-state index in [9.17, 15) is 4.79 Å². The van der Waals surface area contributed by atoms with Crippen molar-refractivity contribution < 1.29 is 4.79 Å². The molecule has 0 aliphatic carbocycles. The number of primary amides is 1. The second-order valence-electron chi connectivity index (χ2n) is 7.27. The third-order valence-corrected chi connectivity index (χ3v) is 5.30. The van der Waals surface area contributed by atoms with E-state index in [4.69, 9.17) is 5.73 Å². The monoisotopic (exact) mass is 440 g/mol. The minimum atomic E-state index is -0.570. The number of amides is 1. The van der Waals surface area contributed by atoms with Gasteiger partial charge in [0.25, 0.3) is 0 Å². The van der Waals surface area contributed by atoms with Crippen LogP contribution in [0.25, 0.3) is 10.9 Å². The van der Waals surface area contributed by atoms with Gasteiger partial charge in [-0.3, -0.25) is 0 Å². The first kappa shape index (κ1) is 20.2. The van der Waals surface area contributed by atoms with Crippen LogP contribution in [0.5, 0.6) is 0 Å². The topological polar surface area (TPSA) is 97.9 Å². The van der Waals surface area contributed by atoms with E-state index in [0.29, 0.717) is 22.4 Å². The Hall–Kier alpha value is -2.53. The average Bonchev–Trinajstić information content (AvgIpc) is 3.02. The molecule has 1 aromatic carbocycles. The van der Waals surface area contributed by atoms with E-state index in [-0.39, 0.29) is 5.56 Å². The van der Waals surface area contributed by atoms with Crippen LogP contribution in [0, 0.1) is 5.92 Å². The number of nitrogens with zero attached hydrogens (tertiary/aromatic N) is 3. The van der Waals surface area contributed by atoms with Crippen molar-refractivity contribution in [1.82, 2.24) is 14.5 Å². The van der Waals surface area contributed by atoms with Gasteiger partial charge in [-0.15, -0.1) is 0 Å². The van der Waals surface area contributed by atoms with Gasteiger partial charge in [0.15, 0.2) is 0 Å². The van der Waals surface area contributed by atoms with Gasteiger partial charge in [-0.2, -0.15) is 0 Å². The Morgan fingerprint density at radius 3 is 2.82 bits per heavy atom. The van der Waals surface area contributed by atoms with Crippen molar-refractivity contribution in [2.75, 3.05) is 17.2 Å². The van der Waals surface area contributed by atoms with Crippen molar-refractivity contribution in [3.8, 4) is 0 Å². The van der Waals surface area contributed by atoms with E-state index in [1.165, 1.54) is 6.20 Å². The number of aromatic nitrogens is 3. The molecule has 146 valence electrons. The van der Waals surface area contributed by atoms with Crippen molar-refractivity contribution in [2.24, 2.45) is 18.7 Å². The Morgan fingerprint density at radius 1 is 1.32 bits per heavy atom. The summed E-state index contributed by atoms with van der Waals surface area (Å²) in [5, 5.41) is 7.55. The van der Waals surface area contributed by atoms with Gasteiger partial charge in [-0.25, -0.2) is 0 Å². The van der Waals surface area contributed by atoms with Crippen LogP contribution >= 0.6 is 0 Å². The third kappa shape index (κ3) is 4.65. The zero-order valence-corrected chi connectivity index (χ0v) is 18.2. The summed E-state index contributed by atoms with van der Waals surface area (Å²) in [4.78, 5) is 20.6. The van der Waals surface area contributed by atoms with Crippen LogP contribution in [0.3, 0.4) is 0 Å². The number of rotatable bonds is 8. The summed E-state index contributed by atoms with van der Waals surface area (Å²) >= 11 is 2.68. The van der Waals surface area contributed by atoms with E-state index in [2.05, 4.69) is 51.3 Å². The fourth-order valence-corrected chi connectivity index (χ4v) is 4.19. The minimum absolute atomic E-state index is 0.254. The molecule has 0 saturated heterocycles. The number of nitrogens with two attached hydrogens (primary N) is 1. The number of carbonyl (C=O) groups excluding carboxylic acids is 1. The van der Waals surface area contributed by atoms with E-state index >= 15 is 0 Å². The van der Waals surface area contributed by atoms with Crippen LogP contribution in [0.4, 0.5) is 17.5 Å². The SMILES string of the molecule is CC(C)C[C@H]([As])CNc1ncc(C(N)=O)c(Nc2cccc3c2ccn3C)n1. The second-order valence-corrected chi connectivity index (χ2v) is 8.81. The molecule has 0 spiro atoms. The van der Waals surface area contributed by atoms with Gasteiger partial charge < -0.3 is 0 Å². The fourth-order valence-electron chi connectivity index (χ4n) is 3.12. The summed E-state index contributed by atoms with van der Waals surface area (Å²) in [6, 6.07) is 7.97. The normalized spacial score (nSPS) is 12.3. The van der Waals surface area contributed by atoms with Gasteiger partial charge in [0, 0.05) is 0 Å². The van der Waals surface area contributed by atoms with Crippen molar-refractivity contribution in [2.45, 2.75) is 25.0 Å². The van der Waals surface area contributed by atoms with Crippen LogP contribution in [-0.4, -0.2) is 43.8 Å². The molecule has 2 heterocycles. The maximum atomic E-state index is 11.9. The van der Waals surface area contributed by atoms with Crippen LogP contribution in [0.1, 0.15) is 30.6 Å².